The Bertz CT molecular complexity index is 421. The highest BCUT2D eigenvalue weighted by Gasteiger charge is 2.24. The molecule has 2 rings (SSSR count). The summed E-state index contributed by atoms with van der Waals surface area (Å²) in [4.78, 5) is 24.4. The van der Waals surface area contributed by atoms with Gasteiger partial charge in [-0.15, -0.1) is 0 Å². The molecule has 0 aliphatic carbocycles. The number of hydrogen-bond donors (Lipinski definition) is 0. The van der Waals surface area contributed by atoms with E-state index < -0.39 is 0 Å². The van der Waals surface area contributed by atoms with E-state index in [1.807, 2.05) is 42.5 Å². The van der Waals surface area contributed by atoms with Gasteiger partial charge in [-0.3, -0.25) is 14.5 Å². The molecule has 0 N–H and O–H groups in total. The van der Waals surface area contributed by atoms with Crippen molar-refractivity contribution < 1.29 is 9.59 Å². The number of carbonyl (C=O) groups excluding carboxylic acids is 2. The molecule has 1 saturated heterocycles. The van der Waals surface area contributed by atoms with E-state index in [4.69, 9.17) is 0 Å². The van der Waals surface area contributed by atoms with Gasteiger partial charge in [0, 0.05) is 19.4 Å². The van der Waals surface area contributed by atoms with Crippen LogP contribution in [0.2, 0.25) is 0 Å². The van der Waals surface area contributed by atoms with Crippen LogP contribution in [0.4, 0.5) is 0 Å². The van der Waals surface area contributed by atoms with E-state index in [-0.39, 0.29) is 11.8 Å². The van der Waals surface area contributed by atoms with Gasteiger partial charge in [-0.25, -0.2) is 0 Å². The lowest BCUT2D eigenvalue weighted by Crippen LogP contribution is -2.39. The van der Waals surface area contributed by atoms with Crippen LogP contribution in [0.15, 0.2) is 36.4 Å². The fraction of sp³-hybridized carbons (Fsp3) is 0.286. The van der Waals surface area contributed by atoms with Gasteiger partial charge in [0.1, 0.15) is 0 Å². The summed E-state index contributed by atoms with van der Waals surface area (Å²) < 4.78 is 0. The van der Waals surface area contributed by atoms with Gasteiger partial charge in [0.2, 0.25) is 11.8 Å². The molecule has 0 aromatic heterocycles. The third-order valence-corrected chi connectivity index (χ3v) is 2.78. The Morgan fingerprint density at radius 3 is 2.35 bits per heavy atom. The van der Waals surface area contributed by atoms with Gasteiger partial charge >= 0.3 is 0 Å². The molecule has 1 aliphatic rings. The first-order valence-corrected chi connectivity index (χ1v) is 5.82. The minimum atomic E-state index is -0.0565. The monoisotopic (exact) mass is 229 g/mol. The number of carbonyl (C=O) groups is 2. The van der Waals surface area contributed by atoms with E-state index in [9.17, 15) is 9.59 Å². The Labute approximate surface area is 101 Å². The number of amides is 2. The number of imide groups is 1. The van der Waals surface area contributed by atoms with Crippen molar-refractivity contribution in [2.24, 2.45) is 0 Å². The minimum Gasteiger partial charge on any atom is -0.279 e. The highest BCUT2D eigenvalue weighted by Crippen LogP contribution is 2.12. The van der Waals surface area contributed by atoms with Gasteiger partial charge < -0.3 is 0 Å². The Morgan fingerprint density at radius 2 is 1.71 bits per heavy atom. The highest BCUT2D eigenvalue weighted by molar-refractivity contribution is 5.97. The van der Waals surface area contributed by atoms with Crippen LogP contribution in [0.1, 0.15) is 24.8 Å². The third kappa shape index (κ3) is 3.03. The first-order chi connectivity index (χ1) is 8.27. The SMILES string of the molecule is O=C1CCCC(=O)N1C/C=C/c1ccccc1. The molecular weight excluding hydrogens is 214 g/mol. The molecule has 0 atom stereocenters. The van der Waals surface area contributed by atoms with Gasteiger partial charge in [-0.05, 0) is 12.0 Å². The lowest BCUT2D eigenvalue weighted by Gasteiger charge is -2.23. The second-order valence-electron chi connectivity index (χ2n) is 4.06. The zero-order valence-corrected chi connectivity index (χ0v) is 9.63. The van der Waals surface area contributed by atoms with Gasteiger partial charge in [0.05, 0.1) is 0 Å². The van der Waals surface area contributed by atoms with Crippen LogP contribution in [0.25, 0.3) is 6.08 Å². The van der Waals surface area contributed by atoms with Crippen LogP contribution >= 0.6 is 0 Å². The maximum Gasteiger partial charge on any atom is 0.229 e. The van der Waals surface area contributed by atoms with E-state index in [0.717, 1.165) is 5.56 Å². The predicted molar refractivity (Wildman–Crippen MR) is 66.0 cm³/mol. The van der Waals surface area contributed by atoms with E-state index in [1.54, 1.807) is 0 Å². The molecule has 0 spiro atoms. The number of rotatable bonds is 3. The summed E-state index contributed by atoms with van der Waals surface area (Å²) in [6, 6.07) is 9.83. The van der Waals surface area contributed by atoms with Gasteiger partial charge in [0.25, 0.3) is 0 Å². The predicted octanol–water partition coefficient (Wildman–Crippen LogP) is 2.24. The maximum atomic E-state index is 11.5. The van der Waals surface area contributed by atoms with Crippen molar-refractivity contribution in [2.45, 2.75) is 19.3 Å². The van der Waals surface area contributed by atoms with Crippen LogP contribution in [-0.4, -0.2) is 23.3 Å². The molecule has 1 heterocycles. The number of hydrogen-bond acceptors (Lipinski definition) is 2. The zero-order valence-electron chi connectivity index (χ0n) is 9.63. The molecule has 1 aliphatic heterocycles. The average Bonchev–Trinajstić information content (AvgIpc) is 2.34. The molecule has 3 nitrogen and oxygen atoms in total. The molecule has 0 radical (unpaired) electrons. The molecular formula is C14H15NO2. The Morgan fingerprint density at radius 1 is 1.06 bits per heavy atom. The summed E-state index contributed by atoms with van der Waals surface area (Å²) in [7, 11) is 0. The zero-order chi connectivity index (χ0) is 12.1. The minimum absolute atomic E-state index is 0.0565. The molecule has 1 fully saturated rings. The first-order valence-electron chi connectivity index (χ1n) is 5.82. The molecule has 17 heavy (non-hydrogen) atoms. The summed E-state index contributed by atoms with van der Waals surface area (Å²) in [5.41, 5.74) is 1.07. The Kier molecular flexibility index (Phi) is 3.70. The lowest BCUT2D eigenvalue weighted by atomic mass is 10.1. The molecule has 2 amide bonds. The summed E-state index contributed by atoms with van der Waals surface area (Å²) in [6.07, 6.45) is 5.46. The van der Waals surface area contributed by atoms with Crippen LogP contribution < -0.4 is 0 Å². The van der Waals surface area contributed by atoms with E-state index in [2.05, 4.69) is 0 Å². The maximum absolute atomic E-state index is 11.5. The fourth-order valence-electron chi connectivity index (χ4n) is 1.86. The molecule has 1 aromatic carbocycles. The van der Waals surface area contributed by atoms with Crippen molar-refractivity contribution in [1.82, 2.24) is 4.90 Å². The summed E-state index contributed by atoms with van der Waals surface area (Å²) in [5, 5.41) is 0. The van der Waals surface area contributed by atoms with Crippen molar-refractivity contribution >= 4 is 17.9 Å². The van der Waals surface area contributed by atoms with Gasteiger partial charge in [0.15, 0.2) is 0 Å². The fourth-order valence-corrected chi connectivity index (χ4v) is 1.86. The lowest BCUT2D eigenvalue weighted by molar-refractivity contribution is -0.147. The van der Waals surface area contributed by atoms with Crippen molar-refractivity contribution in [1.29, 1.82) is 0 Å². The number of nitrogens with zero attached hydrogens (tertiary/aromatic N) is 1. The number of piperidine rings is 1. The van der Waals surface area contributed by atoms with Crippen molar-refractivity contribution in [3.63, 3.8) is 0 Å². The van der Waals surface area contributed by atoms with Crippen LogP contribution in [0, 0.1) is 0 Å². The van der Waals surface area contributed by atoms with Crippen LogP contribution in [-0.2, 0) is 9.59 Å². The average molecular weight is 229 g/mol. The highest BCUT2D eigenvalue weighted by atomic mass is 16.2. The topological polar surface area (TPSA) is 37.4 Å². The second-order valence-corrected chi connectivity index (χ2v) is 4.06. The largest absolute Gasteiger partial charge is 0.279 e. The molecule has 0 unspecified atom stereocenters. The quantitative estimate of drug-likeness (QED) is 0.745. The van der Waals surface area contributed by atoms with Gasteiger partial charge in [-0.1, -0.05) is 42.5 Å². The molecule has 1 aromatic rings. The molecule has 88 valence electrons. The summed E-state index contributed by atoms with van der Waals surface area (Å²) in [6.45, 7) is 0.382. The standard InChI is InChI=1S/C14H15NO2/c16-13-9-4-10-14(17)15(13)11-5-8-12-6-2-1-3-7-12/h1-3,5-8H,4,9-11H2/b8-5+. The Hall–Kier alpha value is -1.90. The summed E-state index contributed by atoms with van der Waals surface area (Å²) >= 11 is 0. The van der Waals surface area contributed by atoms with Crippen LogP contribution in [0.3, 0.4) is 0 Å². The normalized spacial score (nSPS) is 16.8. The Balaban J connectivity index is 1.95. The van der Waals surface area contributed by atoms with E-state index >= 15 is 0 Å². The van der Waals surface area contributed by atoms with E-state index in [0.29, 0.717) is 25.8 Å². The number of likely N-dealkylation sites (tertiary alicyclic amines) is 1. The number of benzene rings is 1. The van der Waals surface area contributed by atoms with Crippen molar-refractivity contribution in [3.05, 3.63) is 42.0 Å². The molecule has 0 bridgehead atoms. The molecule has 3 heteroatoms. The smallest absolute Gasteiger partial charge is 0.229 e. The van der Waals surface area contributed by atoms with Gasteiger partial charge in [-0.2, -0.15) is 0 Å². The van der Waals surface area contributed by atoms with Crippen molar-refractivity contribution in [3.8, 4) is 0 Å². The third-order valence-electron chi connectivity index (χ3n) is 2.78. The second kappa shape index (κ2) is 5.43. The molecule has 0 saturated carbocycles. The summed E-state index contributed by atoms with van der Waals surface area (Å²) in [5.74, 6) is -0.113. The van der Waals surface area contributed by atoms with E-state index in [1.165, 1.54) is 4.90 Å². The first kappa shape index (κ1) is 11.6. The van der Waals surface area contributed by atoms with Crippen LogP contribution in [0.5, 0.6) is 0 Å². The van der Waals surface area contributed by atoms with Crippen molar-refractivity contribution in [2.75, 3.05) is 6.54 Å².